The van der Waals surface area contributed by atoms with Crippen LogP contribution >= 0.6 is 0 Å². The molecular formula is C18H27NO4. The molecule has 0 spiro atoms. The lowest BCUT2D eigenvalue weighted by molar-refractivity contribution is -0.108. The predicted molar refractivity (Wildman–Crippen MR) is 88.2 cm³/mol. The zero-order valence-electron chi connectivity index (χ0n) is 14.5. The summed E-state index contributed by atoms with van der Waals surface area (Å²) in [5, 5.41) is 0. The fourth-order valence-corrected chi connectivity index (χ4v) is 2.50. The molecule has 1 fully saturated rings. The van der Waals surface area contributed by atoms with Gasteiger partial charge in [0.25, 0.3) is 0 Å². The summed E-state index contributed by atoms with van der Waals surface area (Å²) in [5.74, 6) is 0. The number of rotatable bonds is 4. The van der Waals surface area contributed by atoms with E-state index in [1.807, 2.05) is 58.0 Å². The maximum absolute atomic E-state index is 12.2. The number of carbonyl (C=O) groups is 1. The lowest BCUT2D eigenvalue weighted by atomic mass is 10.2. The SMILES string of the molecule is CC1CN(C(=O)OC(C)(C)C)CC(COCc2ccccc2)O1. The highest BCUT2D eigenvalue weighted by atomic mass is 16.6. The van der Waals surface area contributed by atoms with Crippen LogP contribution in [-0.4, -0.2) is 48.5 Å². The van der Waals surface area contributed by atoms with E-state index in [2.05, 4.69) is 0 Å². The second kappa shape index (κ2) is 7.79. The van der Waals surface area contributed by atoms with Crippen molar-refractivity contribution in [3.63, 3.8) is 0 Å². The van der Waals surface area contributed by atoms with Crippen LogP contribution in [0.5, 0.6) is 0 Å². The number of benzene rings is 1. The number of hydrogen-bond acceptors (Lipinski definition) is 4. The number of hydrogen-bond donors (Lipinski definition) is 0. The molecule has 2 unspecified atom stereocenters. The van der Waals surface area contributed by atoms with Crippen molar-refractivity contribution in [1.82, 2.24) is 4.90 Å². The maximum atomic E-state index is 12.2. The standard InChI is InChI=1S/C18H27NO4/c1-14-10-19(17(20)23-18(2,3)4)11-16(22-14)13-21-12-15-8-6-5-7-9-15/h5-9,14,16H,10-13H2,1-4H3. The Morgan fingerprint density at radius 2 is 1.96 bits per heavy atom. The molecule has 1 amide bonds. The Morgan fingerprint density at radius 3 is 2.61 bits per heavy atom. The molecule has 0 bridgehead atoms. The van der Waals surface area contributed by atoms with Crippen molar-refractivity contribution in [2.75, 3.05) is 19.7 Å². The number of carbonyl (C=O) groups excluding carboxylic acids is 1. The van der Waals surface area contributed by atoms with E-state index in [0.717, 1.165) is 5.56 Å². The molecule has 5 heteroatoms. The van der Waals surface area contributed by atoms with Gasteiger partial charge in [0, 0.05) is 0 Å². The van der Waals surface area contributed by atoms with Gasteiger partial charge in [-0.05, 0) is 33.3 Å². The molecule has 128 valence electrons. The number of morpholine rings is 1. The van der Waals surface area contributed by atoms with Crippen molar-refractivity contribution in [3.8, 4) is 0 Å². The van der Waals surface area contributed by atoms with Crippen LogP contribution < -0.4 is 0 Å². The normalized spacial score (nSPS) is 22.0. The molecule has 2 rings (SSSR count). The molecule has 0 N–H and O–H groups in total. The van der Waals surface area contributed by atoms with Crippen molar-refractivity contribution in [3.05, 3.63) is 35.9 Å². The Bertz CT molecular complexity index is 497. The van der Waals surface area contributed by atoms with Gasteiger partial charge in [-0.25, -0.2) is 4.79 Å². The summed E-state index contributed by atoms with van der Waals surface area (Å²) in [4.78, 5) is 13.9. The van der Waals surface area contributed by atoms with Gasteiger partial charge < -0.3 is 19.1 Å². The number of ether oxygens (including phenoxy) is 3. The minimum atomic E-state index is -0.488. The minimum Gasteiger partial charge on any atom is -0.444 e. The smallest absolute Gasteiger partial charge is 0.410 e. The van der Waals surface area contributed by atoms with E-state index in [9.17, 15) is 4.79 Å². The van der Waals surface area contributed by atoms with Crippen LogP contribution in [0.15, 0.2) is 30.3 Å². The first-order chi connectivity index (χ1) is 10.8. The summed E-state index contributed by atoms with van der Waals surface area (Å²) in [6.07, 6.45) is -0.447. The second-order valence-corrected chi connectivity index (χ2v) is 6.95. The van der Waals surface area contributed by atoms with Crippen molar-refractivity contribution in [2.24, 2.45) is 0 Å². The third kappa shape index (κ3) is 6.20. The fourth-order valence-electron chi connectivity index (χ4n) is 2.50. The van der Waals surface area contributed by atoms with Gasteiger partial charge in [-0.15, -0.1) is 0 Å². The Hall–Kier alpha value is -1.59. The first kappa shape index (κ1) is 17.8. The van der Waals surface area contributed by atoms with E-state index in [4.69, 9.17) is 14.2 Å². The van der Waals surface area contributed by atoms with E-state index >= 15 is 0 Å². The molecular weight excluding hydrogens is 294 g/mol. The van der Waals surface area contributed by atoms with E-state index in [0.29, 0.717) is 26.3 Å². The summed E-state index contributed by atoms with van der Waals surface area (Å²) >= 11 is 0. The Kier molecular flexibility index (Phi) is 6.02. The Balaban J connectivity index is 1.81. The second-order valence-electron chi connectivity index (χ2n) is 6.95. The highest BCUT2D eigenvalue weighted by Crippen LogP contribution is 2.16. The van der Waals surface area contributed by atoms with Crippen molar-refractivity contribution < 1.29 is 19.0 Å². The van der Waals surface area contributed by atoms with Crippen molar-refractivity contribution >= 4 is 6.09 Å². The molecule has 2 atom stereocenters. The van der Waals surface area contributed by atoms with E-state index in [-0.39, 0.29) is 18.3 Å². The molecule has 0 aromatic heterocycles. The topological polar surface area (TPSA) is 48.0 Å². The Labute approximate surface area is 138 Å². The third-order valence-corrected chi connectivity index (χ3v) is 3.39. The van der Waals surface area contributed by atoms with Crippen LogP contribution in [-0.2, 0) is 20.8 Å². The molecule has 0 radical (unpaired) electrons. The van der Waals surface area contributed by atoms with Crippen molar-refractivity contribution in [2.45, 2.75) is 52.1 Å². The molecule has 0 aliphatic carbocycles. The van der Waals surface area contributed by atoms with E-state index in [1.165, 1.54) is 0 Å². The zero-order valence-corrected chi connectivity index (χ0v) is 14.5. The van der Waals surface area contributed by atoms with Gasteiger partial charge in [0.15, 0.2) is 0 Å². The van der Waals surface area contributed by atoms with E-state index < -0.39 is 5.60 Å². The van der Waals surface area contributed by atoms with Crippen LogP contribution in [0.2, 0.25) is 0 Å². The molecule has 1 aromatic rings. The number of amides is 1. The monoisotopic (exact) mass is 321 g/mol. The predicted octanol–water partition coefficient (Wildman–Crippen LogP) is 3.23. The van der Waals surface area contributed by atoms with E-state index in [1.54, 1.807) is 4.90 Å². The zero-order chi connectivity index (χ0) is 16.9. The van der Waals surface area contributed by atoms with Gasteiger partial charge in [0.05, 0.1) is 38.5 Å². The summed E-state index contributed by atoms with van der Waals surface area (Å²) in [6.45, 7) is 9.61. The molecule has 1 aromatic carbocycles. The maximum Gasteiger partial charge on any atom is 0.410 e. The quantitative estimate of drug-likeness (QED) is 0.854. The van der Waals surface area contributed by atoms with Crippen LogP contribution in [0.3, 0.4) is 0 Å². The summed E-state index contributed by atoms with van der Waals surface area (Å²) in [6, 6.07) is 10.0. The van der Waals surface area contributed by atoms with Gasteiger partial charge in [-0.1, -0.05) is 30.3 Å². The lowest BCUT2D eigenvalue weighted by Crippen LogP contribution is -2.51. The largest absolute Gasteiger partial charge is 0.444 e. The van der Waals surface area contributed by atoms with Crippen LogP contribution in [0.1, 0.15) is 33.3 Å². The lowest BCUT2D eigenvalue weighted by Gasteiger charge is -2.37. The van der Waals surface area contributed by atoms with Gasteiger partial charge in [-0.3, -0.25) is 0 Å². The molecule has 5 nitrogen and oxygen atoms in total. The molecule has 0 saturated carbocycles. The summed E-state index contributed by atoms with van der Waals surface area (Å²) in [5.41, 5.74) is 0.637. The van der Waals surface area contributed by atoms with Gasteiger partial charge >= 0.3 is 6.09 Å². The molecule has 1 saturated heterocycles. The summed E-state index contributed by atoms with van der Waals surface area (Å²) in [7, 11) is 0. The molecule has 1 heterocycles. The highest BCUT2D eigenvalue weighted by Gasteiger charge is 2.31. The van der Waals surface area contributed by atoms with Crippen LogP contribution in [0, 0.1) is 0 Å². The Morgan fingerprint density at radius 1 is 1.26 bits per heavy atom. The van der Waals surface area contributed by atoms with Crippen LogP contribution in [0.25, 0.3) is 0 Å². The molecule has 23 heavy (non-hydrogen) atoms. The average molecular weight is 321 g/mol. The molecule has 1 aliphatic rings. The number of nitrogens with zero attached hydrogens (tertiary/aromatic N) is 1. The first-order valence-corrected chi connectivity index (χ1v) is 8.08. The van der Waals surface area contributed by atoms with Crippen molar-refractivity contribution in [1.29, 1.82) is 0 Å². The van der Waals surface area contributed by atoms with Crippen LogP contribution in [0.4, 0.5) is 4.79 Å². The van der Waals surface area contributed by atoms with Gasteiger partial charge in [0.2, 0.25) is 0 Å². The van der Waals surface area contributed by atoms with Gasteiger partial charge in [-0.2, -0.15) is 0 Å². The molecule has 1 aliphatic heterocycles. The first-order valence-electron chi connectivity index (χ1n) is 8.08. The van der Waals surface area contributed by atoms with Gasteiger partial charge in [0.1, 0.15) is 5.60 Å². The minimum absolute atomic E-state index is 0.0263. The third-order valence-electron chi connectivity index (χ3n) is 3.39. The average Bonchev–Trinajstić information content (AvgIpc) is 2.46. The fraction of sp³-hybridized carbons (Fsp3) is 0.611. The summed E-state index contributed by atoms with van der Waals surface area (Å²) < 4.78 is 17.0. The highest BCUT2D eigenvalue weighted by molar-refractivity contribution is 5.68.